The minimum absolute atomic E-state index is 0.0495. The number of hydrogen-bond acceptors (Lipinski definition) is 5. The first-order valence-corrected chi connectivity index (χ1v) is 9.99. The third kappa shape index (κ3) is 5.38. The van der Waals surface area contributed by atoms with Crippen LogP contribution in [-0.2, 0) is 17.8 Å². The number of piperazine rings is 1. The molecule has 8 heteroatoms. The van der Waals surface area contributed by atoms with Crippen LogP contribution in [-0.4, -0.2) is 57.3 Å². The molecule has 30 heavy (non-hydrogen) atoms. The Labute approximate surface area is 175 Å². The molecule has 0 bridgehead atoms. The second-order valence-electron chi connectivity index (χ2n) is 8.46. The fourth-order valence-electron chi connectivity index (χ4n) is 3.32. The number of benzene rings is 1. The molecule has 1 amide bonds. The fraction of sp³-hybridized carbons (Fsp3) is 0.455. The molecule has 2 heterocycles. The maximum atomic E-state index is 13.9. The summed E-state index contributed by atoms with van der Waals surface area (Å²) in [5, 5.41) is 10.4. The average molecular weight is 417 g/mol. The van der Waals surface area contributed by atoms with Crippen molar-refractivity contribution in [2.75, 3.05) is 26.2 Å². The Kier molecular flexibility index (Phi) is 6.45. The van der Waals surface area contributed by atoms with Crippen LogP contribution in [0.15, 0.2) is 41.3 Å². The van der Waals surface area contributed by atoms with Crippen molar-refractivity contribution in [1.29, 1.82) is 0 Å². The Morgan fingerprint density at radius 1 is 1.07 bits per heavy atom. The predicted molar refractivity (Wildman–Crippen MR) is 111 cm³/mol. The molecule has 1 saturated heterocycles. The van der Waals surface area contributed by atoms with Gasteiger partial charge in [-0.05, 0) is 32.9 Å². The summed E-state index contributed by atoms with van der Waals surface area (Å²) in [6, 6.07) is 7.92. The van der Waals surface area contributed by atoms with Crippen molar-refractivity contribution < 1.29 is 19.0 Å². The zero-order valence-electron chi connectivity index (χ0n) is 17.6. The third-order valence-electron chi connectivity index (χ3n) is 4.94. The molecule has 1 fully saturated rings. The van der Waals surface area contributed by atoms with Gasteiger partial charge in [0, 0.05) is 50.0 Å². The van der Waals surface area contributed by atoms with E-state index in [0.29, 0.717) is 43.9 Å². The third-order valence-corrected chi connectivity index (χ3v) is 4.94. The molecule has 7 nitrogen and oxygen atoms in total. The van der Waals surface area contributed by atoms with Gasteiger partial charge in [0.1, 0.15) is 11.4 Å². The lowest BCUT2D eigenvalue weighted by molar-refractivity contribution is 0.0138. The van der Waals surface area contributed by atoms with E-state index in [4.69, 9.17) is 4.74 Å². The molecule has 0 aliphatic carbocycles. The van der Waals surface area contributed by atoms with Crippen LogP contribution in [0.4, 0.5) is 9.18 Å². The summed E-state index contributed by atoms with van der Waals surface area (Å²) in [7, 11) is 0. The van der Waals surface area contributed by atoms with Crippen LogP contribution < -0.4 is 5.56 Å². The first kappa shape index (κ1) is 21.8. The predicted octanol–water partition coefficient (Wildman–Crippen LogP) is 2.79. The van der Waals surface area contributed by atoms with E-state index >= 15 is 0 Å². The van der Waals surface area contributed by atoms with Crippen molar-refractivity contribution in [2.24, 2.45) is 0 Å². The molecule has 0 atom stereocenters. The van der Waals surface area contributed by atoms with E-state index in [1.54, 1.807) is 35.4 Å². The summed E-state index contributed by atoms with van der Waals surface area (Å²) in [5.41, 5.74) is -0.198. The number of aromatic nitrogens is 1. The highest BCUT2D eigenvalue weighted by molar-refractivity contribution is 5.68. The van der Waals surface area contributed by atoms with Crippen LogP contribution in [0, 0.1) is 5.82 Å². The maximum Gasteiger partial charge on any atom is 0.410 e. The quantitative estimate of drug-likeness (QED) is 0.828. The van der Waals surface area contributed by atoms with Gasteiger partial charge in [0.25, 0.3) is 5.56 Å². The lowest BCUT2D eigenvalue weighted by Crippen LogP contribution is -2.49. The summed E-state index contributed by atoms with van der Waals surface area (Å²) >= 11 is 0. The minimum atomic E-state index is -0.553. The van der Waals surface area contributed by atoms with Gasteiger partial charge < -0.3 is 19.3 Å². The van der Waals surface area contributed by atoms with Crippen LogP contribution in [0.1, 0.15) is 31.9 Å². The van der Waals surface area contributed by atoms with E-state index in [2.05, 4.69) is 4.90 Å². The van der Waals surface area contributed by atoms with Gasteiger partial charge in [0.15, 0.2) is 5.75 Å². The van der Waals surface area contributed by atoms with Gasteiger partial charge in [-0.1, -0.05) is 18.2 Å². The molecule has 0 radical (unpaired) electrons. The first-order valence-electron chi connectivity index (χ1n) is 9.99. The van der Waals surface area contributed by atoms with Gasteiger partial charge in [-0.3, -0.25) is 9.69 Å². The molecule has 3 rings (SSSR count). The summed E-state index contributed by atoms with van der Waals surface area (Å²) in [6.07, 6.45) is 1.24. The number of aromatic hydroxyl groups is 1. The Morgan fingerprint density at radius 2 is 1.73 bits per heavy atom. The van der Waals surface area contributed by atoms with Crippen LogP contribution in [0.5, 0.6) is 5.75 Å². The van der Waals surface area contributed by atoms with E-state index in [9.17, 15) is 19.1 Å². The zero-order chi connectivity index (χ0) is 21.9. The Bertz CT molecular complexity index is 960. The fourth-order valence-corrected chi connectivity index (χ4v) is 3.32. The maximum absolute atomic E-state index is 13.9. The van der Waals surface area contributed by atoms with E-state index in [1.165, 1.54) is 10.6 Å². The Hall–Kier alpha value is -2.87. The minimum Gasteiger partial charge on any atom is -0.503 e. The summed E-state index contributed by atoms with van der Waals surface area (Å²) < 4.78 is 20.5. The standard InChI is InChI=1S/C22H28FN3O4/c1-22(2,3)30-21(29)25-12-10-24(11-13-25)14-17-8-9-26(20(28)19(17)27)15-16-6-4-5-7-18(16)23/h4-9,27H,10-15H2,1-3H3. The van der Waals surface area contributed by atoms with Gasteiger partial charge in [0.05, 0.1) is 6.54 Å². The molecule has 1 aromatic carbocycles. The van der Waals surface area contributed by atoms with Crippen LogP contribution in [0.3, 0.4) is 0 Å². The normalized spacial score (nSPS) is 15.3. The van der Waals surface area contributed by atoms with Crippen molar-refractivity contribution in [1.82, 2.24) is 14.4 Å². The molecule has 1 aliphatic heterocycles. The number of ether oxygens (including phenoxy) is 1. The first-order chi connectivity index (χ1) is 14.1. The number of pyridine rings is 1. The largest absolute Gasteiger partial charge is 0.503 e. The molecular formula is C22H28FN3O4. The van der Waals surface area contributed by atoms with Crippen LogP contribution in [0.2, 0.25) is 0 Å². The van der Waals surface area contributed by atoms with Crippen molar-refractivity contribution in [2.45, 2.75) is 39.5 Å². The molecule has 2 aromatic rings. The summed E-state index contributed by atoms with van der Waals surface area (Å²) in [6.45, 7) is 8.18. The molecule has 162 valence electrons. The van der Waals surface area contributed by atoms with Crippen LogP contribution in [0.25, 0.3) is 0 Å². The molecule has 0 saturated carbocycles. The molecule has 0 unspecified atom stereocenters. The molecule has 0 spiro atoms. The smallest absolute Gasteiger partial charge is 0.410 e. The summed E-state index contributed by atoms with van der Waals surface area (Å²) in [4.78, 5) is 28.4. The average Bonchev–Trinajstić information content (AvgIpc) is 2.68. The molecule has 1 N–H and O–H groups in total. The van der Waals surface area contributed by atoms with Crippen molar-refractivity contribution >= 4 is 6.09 Å². The van der Waals surface area contributed by atoms with Gasteiger partial charge in [0.2, 0.25) is 0 Å². The van der Waals surface area contributed by atoms with Gasteiger partial charge in [-0.25, -0.2) is 9.18 Å². The topological polar surface area (TPSA) is 75.0 Å². The number of hydrogen-bond donors (Lipinski definition) is 1. The highest BCUT2D eigenvalue weighted by Gasteiger charge is 2.26. The van der Waals surface area contributed by atoms with E-state index < -0.39 is 17.0 Å². The Balaban J connectivity index is 1.62. The van der Waals surface area contributed by atoms with E-state index in [0.717, 1.165) is 0 Å². The zero-order valence-corrected chi connectivity index (χ0v) is 17.6. The van der Waals surface area contributed by atoms with Gasteiger partial charge in [-0.2, -0.15) is 0 Å². The van der Waals surface area contributed by atoms with Crippen LogP contribution >= 0.6 is 0 Å². The molecular weight excluding hydrogens is 389 g/mol. The SMILES string of the molecule is CC(C)(C)OC(=O)N1CCN(Cc2ccn(Cc3ccccc3F)c(=O)c2O)CC1. The monoisotopic (exact) mass is 417 g/mol. The van der Waals surface area contributed by atoms with Gasteiger partial charge >= 0.3 is 6.09 Å². The Morgan fingerprint density at radius 3 is 2.37 bits per heavy atom. The lowest BCUT2D eigenvalue weighted by atomic mass is 10.2. The highest BCUT2D eigenvalue weighted by Crippen LogP contribution is 2.17. The number of amides is 1. The highest BCUT2D eigenvalue weighted by atomic mass is 19.1. The van der Waals surface area contributed by atoms with Gasteiger partial charge in [-0.15, -0.1) is 0 Å². The number of carbonyl (C=O) groups is 1. The molecule has 1 aliphatic rings. The lowest BCUT2D eigenvalue weighted by Gasteiger charge is -2.35. The number of nitrogens with zero attached hydrogens (tertiary/aromatic N) is 3. The van der Waals surface area contributed by atoms with E-state index in [-0.39, 0.29) is 18.4 Å². The van der Waals surface area contributed by atoms with Crippen molar-refractivity contribution in [3.05, 3.63) is 63.8 Å². The summed E-state index contributed by atoms with van der Waals surface area (Å²) in [5.74, 6) is -0.723. The second-order valence-corrected chi connectivity index (χ2v) is 8.46. The number of carbonyl (C=O) groups excluding carboxylic acids is 1. The van der Waals surface area contributed by atoms with Crippen molar-refractivity contribution in [3.8, 4) is 5.75 Å². The number of rotatable bonds is 4. The van der Waals surface area contributed by atoms with E-state index in [1.807, 2.05) is 20.8 Å². The second kappa shape index (κ2) is 8.87. The molecule has 1 aromatic heterocycles. The number of halogens is 1. The van der Waals surface area contributed by atoms with Crippen molar-refractivity contribution in [3.63, 3.8) is 0 Å².